The summed E-state index contributed by atoms with van der Waals surface area (Å²) in [5, 5.41) is 10.2. The molecule has 0 spiro atoms. The smallest absolute Gasteiger partial charge is 0.130 e. The number of pyridine rings is 1. The van der Waals surface area contributed by atoms with E-state index in [0.717, 1.165) is 39.4 Å². The summed E-state index contributed by atoms with van der Waals surface area (Å²) in [6, 6.07) is 28.8. The Morgan fingerprint density at radius 1 is 1.00 bits per heavy atom. The van der Waals surface area contributed by atoms with Crippen LogP contribution < -0.4 is 9.47 Å². The molecule has 2 heterocycles. The summed E-state index contributed by atoms with van der Waals surface area (Å²) >= 11 is 1.77. The van der Waals surface area contributed by atoms with Crippen LogP contribution in [0.5, 0.6) is 11.5 Å². The number of aromatic nitrogens is 1. The van der Waals surface area contributed by atoms with E-state index in [1.807, 2.05) is 42.5 Å². The number of rotatable bonds is 6. The third-order valence-corrected chi connectivity index (χ3v) is 6.81. The van der Waals surface area contributed by atoms with Gasteiger partial charge >= 0.3 is 0 Å². The molecule has 1 aromatic heterocycles. The number of nitrogens with zero attached hydrogens (tertiary/aromatic N) is 2. The van der Waals surface area contributed by atoms with Gasteiger partial charge in [0.2, 0.25) is 0 Å². The van der Waals surface area contributed by atoms with Gasteiger partial charge in [-0.05, 0) is 41.5 Å². The number of para-hydroxylation sites is 1. The Morgan fingerprint density at radius 3 is 2.81 bits per heavy atom. The Labute approximate surface area is 191 Å². The summed E-state index contributed by atoms with van der Waals surface area (Å²) in [4.78, 5) is 4.70. The molecule has 0 bridgehead atoms. The lowest BCUT2D eigenvalue weighted by atomic mass is 10.00. The van der Waals surface area contributed by atoms with Gasteiger partial charge in [0.1, 0.15) is 24.7 Å². The normalized spacial score (nSPS) is 14.5. The van der Waals surface area contributed by atoms with Gasteiger partial charge in [0, 0.05) is 23.1 Å². The average Bonchev–Trinajstić information content (AvgIpc) is 2.99. The van der Waals surface area contributed by atoms with Crippen molar-refractivity contribution in [3.63, 3.8) is 0 Å². The monoisotopic (exact) mass is 438 g/mol. The van der Waals surface area contributed by atoms with E-state index >= 15 is 0 Å². The maximum absolute atomic E-state index is 9.02. The van der Waals surface area contributed by atoms with E-state index in [0.29, 0.717) is 19.6 Å². The number of fused-ring (bicyclic) bond motifs is 3. The van der Waals surface area contributed by atoms with Crippen LogP contribution in [0.1, 0.15) is 34.1 Å². The predicted molar refractivity (Wildman–Crippen MR) is 128 cm³/mol. The van der Waals surface area contributed by atoms with Crippen molar-refractivity contribution in [2.45, 2.75) is 24.9 Å². The fourth-order valence-electron chi connectivity index (χ4n) is 3.95. The summed E-state index contributed by atoms with van der Waals surface area (Å²) in [5.41, 5.74) is 5.36. The zero-order valence-electron chi connectivity index (χ0n) is 17.5. The van der Waals surface area contributed by atoms with Crippen molar-refractivity contribution in [1.82, 2.24) is 4.98 Å². The molecular formula is C27H22N2O2S. The van der Waals surface area contributed by atoms with Crippen molar-refractivity contribution >= 4 is 22.7 Å². The Kier molecular flexibility index (Phi) is 5.96. The van der Waals surface area contributed by atoms with E-state index < -0.39 is 0 Å². The molecule has 0 saturated heterocycles. The van der Waals surface area contributed by atoms with E-state index in [1.165, 1.54) is 11.1 Å². The summed E-state index contributed by atoms with van der Waals surface area (Å²) in [6.07, 6.45) is 0.517. The van der Waals surface area contributed by atoms with Gasteiger partial charge in [0.15, 0.2) is 0 Å². The molecule has 0 amide bonds. The topological polar surface area (TPSA) is 55.1 Å². The minimum absolute atomic E-state index is 0.0967. The molecule has 1 unspecified atom stereocenters. The van der Waals surface area contributed by atoms with Crippen LogP contribution in [0.3, 0.4) is 0 Å². The van der Waals surface area contributed by atoms with E-state index in [9.17, 15) is 0 Å². The minimum atomic E-state index is 0.0967. The van der Waals surface area contributed by atoms with Crippen molar-refractivity contribution < 1.29 is 9.47 Å². The first-order valence-electron chi connectivity index (χ1n) is 10.6. The number of benzene rings is 3. The Bertz CT molecular complexity index is 1300. The van der Waals surface area contributed by atoms with Crippen LogP contribution in [0.4, 0.5) is 0 Å². The van der Waals surface area contributed by atoms with Crippen molar-refractivity contribution in [2.75, 3.05) is 5.75 Å². The van der Waals surface area contributed by atoms with Crippen LogP contribution in [-0.4, -0.2) is 10.7 Å². The number of hydrogen-bond donors (Lipinski definition) is 0. The summed E-state index contributed by atoms with van der Waals surface area (Å²) < 4.78 is 12.3. The number of nitriles is 1. The Hall–Kier alpha value is -3.49. The second-order valence-corrected chi connectivity index (χ2v) is 8.84. The molecule has 4 aromatic rings. The van der Waals surface area contributed by atoms with Gasteiger partial charge < -0.3 is 9.47 Å². The number of thioether (sulfide) groups is 1. The van der Waals surface area contributed by atoms with Crippen molar-refractivity contribution in [3.05, 3.63) is 101 Å². The predicted octanol–water partition coefficient (Wildman–Crippen LogP) is 6.44. The fourth-order valence-corrected chi connectivity index (χ4v) is 5.16. The molecule has 0 fully saturated rings. The third-order valence-electron chi connectivity index (χ3n) is 5.53. The summed E-state index contributed by atoms with van der Waals surface area (Å²) in [6.45, 7) is 0.938. The van der Waals surface area contributed by atoms with Gasteiger partial charge in [-0.15, -0.1) is 11.8 Å². The molecule has 4 nitrogen and oxygen atoms in total. The highest BCUT2D eigenvalue weighted by molar-refractivity contribution is 7.99. The van der Waals surface area contributed by atoms with Crippen molar-refractivity contribution in [1.29, 1.82) is 5.26 Å². The van der Waals surface area contributed by atoms with Gasteiger partial charge in [-0.3, -0.25) is 0 Å². The van der Waals surface area contributed by atoms with E-state index in [1.54, 1.807) is 11.8 Å². The zero-order valence-corrected chi connectivity index (χ0v) is 18.3. The van der Waals surface area contributed by atoms with Gasteiger partial charge in [-0.2, -0.15) is 5.26 Å². The van der Waals surface area contributed by atoms with Crippen molar-refractivity contribution in [3.8, 4) is 17.6 Å². The quantitative estimate of drug-likeness (QED) is 0.324. The molecule has 0 saturated carbocycles. The summed E-state index contributed by atoms with van der Waals surface area (Å²) in [7, 11) is 0. The second kappa shape index (κ2) is 9.33. The minimum Gasteiger partial charge on any atom is -0.489 e. The first-order valence-corrected chi connectivity index (χ1v) is 11.7. The maximum atomic E-state index is 9.02. The lowest BCUT2D eigenvalue weighted by molar-refractivity contribution is 0.295. The molecule has 0 aliphatic carbocycles. The SMILES string of the molecule is N#CCCSC1c2ccccc2COc2ccc(OCc3ccc4ccccc4n3)cc21. The standard InChI is InChI=1S/C27H22N2O2S/c28-14-5-15-32-27-23-8-3-1-7-20(23)17-31-26-13-12-22(16-24(26)27)30-18-21-11-10-19-6-2-4-9-25(19)29-21/h1-4,6-13,16,27H,5,15,17-18H2. The molecule has 5 rings (SSSR count). The number of ether oxygens (including phenoxy) is 2. The molecular weight excluding hydrogens is 416 g/mol. The molecule has 1 atom stereocenters. The van der Waals surface area contributed by atoms with E-state index in [4.69, 9.17) is 19.7 Å². The van der Waals surface area contributed by atoms with Crippen LogP contribution in [0.15, 0.2) is 78.9 Å². The molecule has 5 heteroatoms. The molecule has 0 N–H and O–H groups in total. The molecule has 3 aromatic carbocycles. The van der Waals surface area contributed by atoms with Crippen LogP contribution in [0, 0.1) is 11.3 Å². The van der Waals surface area contributed by atoms with E-state index in [-0.39, 0.29) is 5.25 Å². The van der Waals surface area contributed by atoms with Crippen LogP contribution in [-0.2, 0) is 13.2 Å². The first-order chi connectivity index (χ1) is 15.8. The van der Waals surface area contributed by atoms with Crippen LogP contribution in [0.25, 0.3) is 10.9 Å². The molecule has 158 valence electrons. The van der Waals surface area contributed by atoms with Crippen LogP contribution >= 0.6 is 11.8 Å². The van der Waals surface area contributed by atoms with Gasteiger partial charge in [-0.1, -0.05) is 48.5 Å². The Morgan fingerprint density at radius 2 is 1.88 bits per heavy atom. The highest BCUT2D eigenvalue weighted by atomic mass is 32.2. The Balaban J connectivity index is 1.42. The lowest BCUT2D eigenvalue weighted by Gasteiger charge is -2.19. The lowest BCUT2D eigenvalue weighted by Crippen LogP contribution is -2.02. The number of hydrogen-bond acceptors (Lipinski definition) is 5. The van der Waals surface area contributed by atoms with Gasteiger partial charge in [-0.25, -0.2) is 4.98 Å². The van der Waals surface area contributed by atoms with Crippen LogP contribution in [0.2, 0.25) is 0 Å². The molecule has 32 heavy (non-hydrogen) atoms. The highest BCUT2D eigenvalue weighted by Crippen LogP contribution is 2.45. The maximum Gasteiger partial charge on any atom is 0.130 e. The molecule has 0 radical (unpaired) electrons. The van der Waals surface area contributed by atoms with E-state index in [2.05, 4.69) is 42.5 Å². The third kappa shape index (κ3) is 4.28. The summed E-state index contributed by atoms with van der Waals surface area (Å²) in [5.74, 6) is 2.42. The first kappa shape index (κ1) is 20.4. The zero-order chi connectivity index (χ0) is 21.8. The average molecular weight is 439 g/mol. The van der Waals surface area contributed by atoms with Gasteiger partial charge in [0.25, 0.3) is 0 Å². The highest BCUT2D eigenvalue weighted by Gasteiger charge is 2.25. The second-order valence-electron chi connectivity index (χ2n) is 7.63. The fraction of sp³-hybridized carbons (Fsp3) is 0.185. The largest absolute Gasteiger partial charge is 0.489 e. The molecule has 1 aliphatic heterocycles. The molecule has 1 aliphatic rings. The van der Waals surface area contributed by atoms with Crippen molar-refractivity contribution in [2.24, 2.45) is 0 Å². The van der Waals surface area contributed by atoms with Gasteiger partial charge in [0.05, 0.1) is 22.5 Å².